The largest absolute Gasteiger partial charge is 0.355 e. The molecular formula is C28H23ClN10O. The zero-order valence-corrected chi connectivity index (χ0v) is 22.2. The molecule has 6 heterocycles. The van der Waals surface area contributed by atoms with Gasteiger partial charge in [-0.15, -0.1) is 0 Å². The van der Waals surface area contributed by atoms with E-state index in [2.05, 4.69) is 31.5 Å². The number of nitriles is 1. The first-order valence-corrected chi connectivity index (χ1v) is 13.2. The van der Waals surface area contributed by atoms with Gasteiger partial charge in [-0.05, 0) is 36.0 Å². The van der Waals surface area contributed by atoms with Gasteiger partial charge >= 0.3 is 0 Å². The van der Waals surface area contributed by atoms with Crippen LogP contribution >= 0.6 is 11.6 Å². The van der Waals surface area contributed by atoms with Crippen LogP contribution in [-0.4, -0.2) is 59.9 Å². The lowest BCUT2D eigenvalue weighted by atomic mass is 10.0. The number of amides is 1. The molecular weight excluding hydrogens is 528 g/mol. The zero-order valence-electron chi connectivity index (χ0n) is 21.4. The molecule has 198 valence electrons. The molecule has 40 heavy (non-hydrogen) atoms. The lowest BCUT2D eigenvalue weighted by Crippen LogP contribution is -2.31. The van der Waals surface area contributed by atoms with Crippen molar-refractivity contribution in [3.63, 3.8) is 0 Å². The van der Waals surface area contributed by atoms with Gasteiger partial charge in [-0.25, -0.2) is 14.5 Å². The number of nitrogens with zero attached hydrogens (tertiary/aromatic N) is 9. The van der Waals surface area contributed by atoms with Crippen LogP contribution in [-0.2, 0) is 7.05 Å². The fourth-order valence-electron chi connectivity index (χ4n) is 5.74. The van der Waals surface area contributed by atoms with Gasteiger partial charge in [0.1, 0.15) is 17.6 Å². The Balaban J connectivity index is 1.06. The van der Waals surface area contributed by atoms with Gasteiger partial charge in [0.2, 0.25) is 0 Å². The molecule has 7 rings (SSSR count). The second kappa shape index (κ2) is 9.43. The van der Waals surface area contributed by atoms with E-state index >= 15 is 0 Å². The van der Waals surface area contributed by atoms with E-state index in [0.29, 0.717) is 46.1 Å². The van der Waals surface area contributed by atoms with Crippen LogP contribution in [0.1, 0.15) is 16.1 Å². The molecule has 2 atom stereocenters. The van der Waals surface area contributed by atoms with Crippen molar-refractivity contribution >= 4 is 28.8 Å². The van der Waals surface area contributed by atoms with Crippen LogP contribution in [0.2, 0.25) is 5.02 Å². The highest BCUT2D eigenvalue weighted by molar-refractivity contribution is 6.33. The Morgan fingerprint density at radius 3 is 2.65 bits per heavy atom. The Bertz CT molecular complexity index is 1790. The van der Waals surface area contributed by atoms with Crippen molar-refractivity contribution in [3.05, 3.63) is 77.9 Å². The maximum Gasteiger partial charge on any atom is 0.271 e. The van der Waals surface area contributed by atoms with E-state index in [4.69, 9.17) is 21.6 Å². The van der Waals surface area contributed by atoms with Crippen LogP contribution in [0.25, 0.3) is 27.9 Å². The third-order valence-corrected chi connectivity index (χ3v) is 8.16. The number of anilines is 1. The first-order valence-electron chi connectivity index (χ1n) is 12.9. The summed E-state index contributed by atoms with van der Waals surface area (Å²) in [5.41, 5.74) is 4.72. The van der Waals surface area contributed by atoms with Crippen LogP contribution in [0, 0.1) is 29.1 Å². The number of aromatic nitrogens is 7. The van der Waals surface area contributed by atoms with E-state index in [9.17, 15) is 10.1 Å². The number of halogens is 1. The predicted molar refractivity (Wildman–Crippen MR) is 147 cm³/mol. The summed E-state index contributed by atoms with van der Waals surface area (Å²) in [4.78, 5) is 28.2. The molecule has 1 N–H and O–H groups in total. The summed E-state index contributed by atoms with van der Waals surface area (Å²) in [5, 5.41) is 21.7. The Hall–Kier alpha value is -4.82. The summed E-state index contributed by atoms with van der Waals surface area (Å²) in [6, 6.07) is 7.60. The van der Waals surface area contributed by atoms with Gasteiger partial charge in [0, 0.05) is 62.0 Å². The molecule has 2 aliphatic rings. The number of rotatable bonds is 6. The molecule has 0 spiro atoms. The monoisotopic (exact) mass is 550 g/mol. The number of piperidine rings is 1. The average Bonchev–Trinajstić information content (AvgIpc) is 3.41. The fourth-order valence-corrected chi connectivity index (χ4v) is 5.94. The highest BCUT2D eigenvalue weighted by Crippen LogP contribution is 2.52. The van der Waals surface area contributed by atoms with Crippen LogP contribution in [0.5, 0.6) is 0 Å². The number of aryl methyl sites for hydroxylation is 1. The van der Waals surface area contributed by atoms with E-state index < -0.39 is 0 Å². The molecule has 11 nitrogen and oxygen atoms in total. The van der Waals surface area contributed by atoms with Crippen LogP contribution in [0.3, 0.4) is 0 Å². The van der Waals surface area contributed by atoms with Gasteiger partial charge in [0.05, 0.1) is 46.6 Å². The average molecular weight is 551 g/mol. The quantitative estimate of drug-likeness (QED) is 0.341. The number of carbonyl (C=O) groups is 1. The lowest BCUT2D eigenvalue weighted by molar-refractivity contribution is 0.0946. The summed E-state index contributed by atoms with van der Waals surface area (Å²) in [5.74, 6) is 2.01. The van der Waals surface area contributed by atoms with E-state index in [-0.39, 0.29) is 11.6 Å². The summed E-state index contributed by atoms with van der Waals surface area (Å²) < 4.78 is 3.45. The number of carbonyl (C=O) groups excluding carboxylic acids is 1. The van der Waals surface area contributed by atoms with Crippen LogP contribution in [0.15, 0.2) is 61.6 Å². The van der Waals surface area contributed by atoms with Gasteiger partial charge in [0.25, 0.3) is 5.91 Å². The Kier molecular flexibility index (Phi) is 5.71. The van der Waals surface area contributed by atoms with Gasteiger partial charge in [-0.3, -0.25) is 14.5 Å². The number of pyridine rings is 2. The van der Waals surface area contributed by atoms with Crippen molar-refractivity contribution in [1.29, 1.82) is 5.26 Å². The molecule has 1 saturated carbocycles. The lowest BCUT2D eigenvalue weighted by Gasteiger charge is -2.21. The molecule has 5 aromatic heterocycles. The molecule has 0 bridgehead atoms. The molecule has 1 aliphatic heterocycles. The number of fused-ring (bicyclic) bond motifs is 2. The normalized spacial score (nSPS) is 19.4. The second-order valence-electron chi connectivity index (χ2n) is 10.2. The van der Waals surface area contributed by atoms with Crippen LogP contribution in [0.4, 0.5) is 5.82 Å². The van der Waals surface area contributed by atoms with Crippen molar-refractivity contribution in [1.82, 2.24) is 39.7 Å². The minimum Gasteiger partial charge on any atom is -0.355 e. The molecule has 1 amide bonds. The van der Waals surface area contributed by atoms with Crippen LogP contribution < -0.4 is 10.2 Å². The molecule has 0 radical (unpaired) electrons. The van der Waals surface area contributed by atoms with E-state index in [1.807, 2.05) is 25.5 Å². The summed E-state index contributed by atoms with van der Waals surface area (Å²) >= 11 is 6.09. The third-order valence-electron chi connectivity index (χ3n) is 7.85. The first kappa shape index (κ1) is 24.2. The fraction of sp³-hybridized carbons (Fsp3) is 0.250. The van der Waals surface area contributed by atoms with Gasteiger partial charge < -0.3 is 10.2 Å². The first-order chi connectivity index (χ1) is 19.5. The summed E-state index contributed by atoms with van der Waals surface area (Å²) in [6.07, 6.45) is 12.3. The zero-order chi connectivity index (χ0) is 27.4. The van der Waals surface area contributed by atoms with Gasteiger partial charge in [-0.1, -0.05) is 11.6 Å². The smallest absolute Gasteiger partial charge is 0.271 e. The Morgan fingerprint density at radius 1 is 1.10 bits per heavy atom. The van der Waals surface area contributed by atoms with E-state index in [1.165, 1.54) is 0 Å². The SMILES string of the molecule is Cn1cc(-c2cc(-c3cnc(N4CC5C(CNC(=O)c6ncccc6Cl)C5C4)cn3)c3c(C#N)cnn3c2)cn1. The van der Waals surface area contributed by atoms with Gasteiger partial charge in [0.15, 0.2) is 0 Å². The molecule has 2 unspecified atom stereocenters. The molecule has 1 aliphatic carbocycles. The minimum atomic E-state index is -0.242. The number of hydrogen-bond acceptors (Lipinski definition) is 8. The summed E-state index contributed by atoms with van der Waals surface area (Å²) in [6.45, 7) is 2.34. The minimum absolute atomic E-state index is 0.242. The van der Waals surface area contributed by atoms with Crippen molar-refractivity contribution in [2.75, 3.05) is 24.5 Å². The van der Waals surface area contributed by atoms with E-state index in [0.717, 1.165) is 35.6 Å². The van der Waals surface area contributed by atoms with Crippen molar-refractivity contribution in [2.45, 2.75) is 0 Å². The van der Waals surface area contributed by atoms with Crippen molar-refractivity contribution in [2.24, 2.45) is 24.8 Å². The Morgan fingerprint density at radius 2 is 1.95 bits per heavy atom. The second-order valence-corrected chi connectivity index (χ2v) is 10.6. The number of hydrogen-bond donors (Lipinski definition) is 1. The number of nitrogens with one attached hydrogen (secondary N) is 1. The maximum atomic E-state index is 12.4. The Labute approximate surface area is 234 Å². The molecule has 5 aromatic rings. The predicted octanol–water partition coefficient (Wildman–Crippen LogP) is 3.22. The third kappa shape index (κ3) is 4.13. The topological polar surface area (TPSA) is 130 Å². The van der Waals surface area contributed by atoms with E-state index in [1.54, 1.807) is 52.3 Å². The molecule has 1 saturated heterocycles. The van der Waals surface area contributed by atoms with Crippen molar-refractivity contribution < 1.29 is 4.79 Å². The highest BCUT2D eigenvalue weighted by atomic mass is 35.5. The molecule has 12 heteroatoms. The molecule has 2 fully saturated rings. The molecule has 0 aromatic carbocycles. The summed E-state index contributed by atoms with van der Waals surface area (Å²) in [7, 11) is 1.87. The standard InChI is InChI=1S/C28H23ClN10O/c1-37-12-18(8-35-37)16-5-19(27-17(6-30)7-36-39(27)13-16)24-10-33-25(11-32-24)38-14-21-20(22(21)15-38)9-34-28(40)26-23(29)3-2-4-31-26/h2-5,7-8,10-13,20-22H,9,14-15H2,1H3,(H,34,40). The maximum absolute atomic E-state index is 12.4. The van der Waals surface area contributed by atoms with Gasteiger partial charge in [-0.2, -0.15) is 15.5 Å². The van der Waals surface area contributed by atoms with Crippen molar-refractivity contribution in [3.8, 4) is 28.5 Å². The highest BCUT2D eigenvalue weighted by Gasteiger charge is 2.55.